The predicted octanol–water partition coefficient (Wildman–Crippen LogP) is 5.43. The molecule has 0 spiro atoms. The molecule has 13 nitrogen and oxygen atoms in total. The molecule has 0 saturated carbocycles. The van der Waals surface area contributed by atoms with Gasteiger partial charge in [-0.25, -0.2) is 4.98 Å². The first-order valence-electron chi connectivity index (χ1n) is 19.7. The summed E-state index contributed by atoms with van der Waals surface area (Å²) in [4.78, 5) is 74.0. The number of carbonyl (C=O) groups is 5. The number of piperidine rings is 1. The van der Waals surface area contributed by atoms with E-state index in [-0.39, 0.29) is 66.4 Å². The largest absolute Gasteiger partial charge is 0.481 e. The van der Waals surface area contributed by atoms with E-state index in [9.17, 15) is 34.2 Å². The average molecular weight is 786 g/mol. The second-order valence-corrected chi connectivity index (χ2v) is 16.8. The Labute approximate surface area is 330 Å². The van der Waals surface area contributed by atoms with E-state index in [1.807, 2.05) is 83.8 Å². The topological polar surface area (TPSA) is 178 Å². The third-order valence-corrected chi connectivity index (χ3v) is 11.4. The molecule has 0 radical (unpaired) electrons. The Kier molecular flexibility index (Phi) is 18.2. The summed E-state index contributed by atoms with van der Waals surface area (Å²) in [5.41, 5.74) is 1.04. The highest BCUT2D eigenvalue weighted by atomic mass is 32.1. The lowest BCUT2D eigenvalue weighted by Crippen LogP contribution is -2.59. The quantitative estimate of drug-likeness (QED) is 0.0942. The number of carboxylic acids is 1. The summed E-state index contributed by atoms with van der Waals surface area (Å²) in [5, 5.41) is 28.9. The lowest BCUT2D eigenvalue weighted by atomic mass is 9.92. The number of hydrogen-bond acceptors (Lipinski definition) is 10. The molecular formula is C41H63N5O8S. The molecule has 1 saturated heterocycles. The van der Waals surface area contributed by atoms with E-state index in [0.717, 1.165) is 36.3 Å². The van der Waals surface area contributed by atoms with Crippen LogP contribution in [-0.2, 0) is 30.3 Å². The first-order valence-corrected chi connectivity index (χ1v) is 20.6. The van der Waals surface area contributed by atoms with Crippen LogP contribution in [0.1, 0.15) is 121 Å². The molecule has 1 aliphatic heterocycles. The van der Waals surface area contributed by atoms with Crippen LogP contribution in [0.4, 0.5) is 0 Å². The molecule has 0 bridgehead atoms. The van der Waals surface area contributed by atoms with Crippen LogP contribution in [0.2, 0.25) is 0 Å². The third kappa shape index (κ3) is 14.0. The Morgan fingerprint density at radius 1 is 1.02 bits per heavy atom. The molecule has 1 aromatic carbocycles. The number of carboxylic acid groups (broad SMARTS) is 1. The van der Waals surface area contributed by atoms with Gasteiger partial charge in [-0.15, -0.1) is 11.3 Å². The normalized spacial score (nSPS) is 18.1. The zero-order valence-corrected chi connectivity index (χ0v) is 34.6. The smallest absolute Gasteiger partial charge is 0.307 e. The fourth-order valence-electron chi connectivity index (χ4n) is 6.89. The lowest BCUT2D eigenvalue weighted by Gasteiger charge is -2.39. The lowest BCUT2D eigenvalue weighted by molar-refractivity contribution is -0.160. The molecule has 0 aliphatic carbocycles. The number of hydrogen-bond donors (Lipinski definition) is 4. The second-order valence-electron chi connectivity index (χ2n) is 15.9. The summed E-state index contributed by atoms with van der Waals surface area (Å²) in [5.74, 6) is -3.60. The molecule has 2 heterocycles. The van der Waals surface area contributed by atoms with Crippen LogP contribution in [0.5, 0.6) is 0 Å². The number of esters is 1. The van der Waals surface area contributed by atoms with Gasteiger partial charge >= 0.3 is 11.9 Å². The van der Waals surface area contributed by atoms with Crippen molar-refractivity contribution in [2.24, 2.45) is 23.7 Å². The highest BCUT2D eigenvalue weighted by Gasteiger charge is 2.38. The van der Waals surface area contributed by atoms with Gasteiger partial charge in [0, 0.05) is 30.3 Å². The number of carbonyl (C=O) groups excluding carboxylic acids is 4. The zero-order chi connectivity index (χ0) is 40.8. The Hall–Kier alpha value is -3.88. The number of aromatic nitrogens is 1. The molecule has 3 rings (SSSR count). The van der Waals surface area contributed by atoms with Gasteiger partial charge in [-0.3, -0.25) is 28.9 Å². The molecule has 2 aromatic rings. The maximum atomic E-state index is 14.6. The van der Waals surface area contributed by atoms with Crippen LogP contribution >= 0.6 is 11.3 Å². The number of aliphatic hydroxyl groups excluding tert-OH is 1. The van der Waals surface area contributed by atoms with Crippen LogP contribution in [0.25, 0.3) is 0 Å². The van der Waals surface area contributed by atoms with Crippen molar-refractivity contribution in [2.45, 2.75) is 130 Å². The number of rotatable bonds is 21. The van der Waals surface area contributed by atoms with E-state index >= 15 is 0 Å². The zero-order valence-electron chi connectivity index (χ0n) is 33.8. The van der Waals surface area contributed by atoms with E-state index < -0.39 is 53.9 Å². The molecule has 1 aliphatic rings. The Morgan fingerprint density at radius 2 is 1.71 bits per heavy atom. The monoisotopic (exact) mass is 785 g/mol. The van der Waals surface area contributed by atoms with Crippen LogP contribution in [0, 0.1) is 23.7 Å². The molecule has 7 atom stereocenters. The molecular weight excluding hydrogens is 723 g/mol. The van der Waals surface area contributed by atoms with Crippen LogP contribution in [0.15, 0.2) is 35.7 Å². The first kappa shape index (κ1) is 45.5. The van der Waals surface area contributed by atoms with Gasteiger partial charge in [-0.2, -0.15) is 0 Å². The van der Waals surface area contributed by atoms with Crippen molar-refractivity contribution >= 4 is 41.0 Å². The first-order chi connectivity index (χ1) is 26.0. The number of ether oxygens (including phenoxy) is 1. The van der Waals surface area contributed by atoms with Gasteiger partial charge in [-0.05, 0) is 62.6 Å². The van der Waals surface area contributed by atoms with E-state index in [4.69, 9.17) is 4.74 Å². The highest BCUT2D eigenvalue weighted by Crippen LogP contribution is 2.29. The number of nitrogens with zero attached hydrogens (tertiary/aromatic N) is 3. The van der Waals surface area contributed by atoms with Crippen molar-refractivity contribution in [3.05, 3.63) is 52.0 Å². The number of thiazole rings is 1. The molecule has 1 aromatic heterocycles. The fraction of sp³-hybridized carbons (Fsp3) is 0.659. The van der Waals surface area contributed by atoms with Crippen molar-refractivity contribution in [3.8, 4) is 0 Å². The summed E-state index contributed by atoms with van der Waals surface area (Å²) in [7, 11) is 1.91. The van der Waals surface area contributed by atoms with E-state index in [1.54, 1.807) is 12.3 Å². The van der Waals surface area contributed by atoms with Gasteiger partial charge in [0.05, 0.1) is 12.0 Å². The van der Waals surface area contributed by atoms with Crippen molar-refractivity contribution in [2.75, 3.05) is 20.3 Å². The second kappa shape index (κ2) is 22.0. The number of aliphatic hydroxyl groups is 1. The minimum Gasteiger partial charge on any atom is -0.481 e. The summed E-state index contributed by atoms with van der Waals surface area (Å²) >= 11 is 1.11. The minimum atomic E-state index is -1.18. The van der Waals surface area contributed by atoms with Gasteiger partial charge in [-0.1, -0.05) is 91.6 Å². The van der Waals surface area contributed by atoms with E-state index in [2.05, 4.69) is 15.6 Å². The van der Waals surface area contributed by atoms with Crippen LogP contribution in [0.3, 0.4) is 0 Å². The molecule has 0 unspecified atom stereocenters. The molecule has 1 fully saturated rings. The van der Waals surface area contributed by atoms with E-state index in [1.165, 1.54) is 4.90 Å². The molecule has 4 N–H and O–H groups in total. The summed E-state index contributed by atoms with van der Waals surface area (Å²) in [6.07, 6.45) is 2.90. The number of benzene rings is 1. The molecule has 14 heteroatoms. The van der Waals surface area contributed by atoms with Crippen LogP contribution < -0.4 is 10.6 Å². The van der Waals surface area contributed by atoms with Crippen molar-refractivity contribution < 1.29 is 38.9 Å². The number of likely N-dealkylation sites (N-methyl/N-ethyl adjacent to an activating group) is 1. The van der Waals surface area contributed by atoms with Crippen molar-refractivity contribution in [1.29, 1.82) is 0 Å². The third-order valence-electron chi connectivity index (χ3n) is 10.5. The Bertz CT molecular complexity index is 1550. The van der Waals surface area contributed by atoms with E-state index in [0.29, 0.717) is 19.3 Å². The highest BCUT2D eigenvalue weighted by molar-refractivity contribution is 7.09. The predicted molar refractivity (Wildman–Crippen MR) is 212 cm³/mol. The standard InChI is InChI=1S/C41H63N5O8S/c1-9-27(6)36(44-38(50)32-17-13-14-18-45(32)8)40(51)46(24-54-35(48)19-25(2)3)33(26(4)5)22-34(47)39-43-31(23-55-39)37(49)42-30(20-28(7)41(52)53)21-29-15-11-10-12-16-29/h10-12,15-16,23,25-28,30,32-34,36,47H,9,13-14,17-22,24H2,1-8H3,(H,42,49)(H,44,50)(H,52,53)/t27-,28-,30+,32+,33+,34+,36-/m0/s1. The SMILES string of the molecule is CC[C@H](C)[C@H](NC(=O)[C@H]1CCCCN1C)C(=O)N(COC(=O)CC(C)C)[C@H](C[C@@H](O)c1nc(C(=O)N[C@@H](Cc2ccccc2)C[C@H](C)C(=O)O)cs1)C(C)C. The fourth-order valence-corrected chi connectivity index (χ4v) is 7.68. The minimum absolute atomic E-state index is 0.0268. The summed E-state index contributed by atoms with van der Waals surface area (Å²) in [6.45, 7) is 13.5. The number of amides is 3. The van der Waals surface area contributed by atoms with Gasteiger partial charge < -0.3 is 30.5 Å². The molecule has 3 amide bonds. The average Bonchev–Trinajstić information content (AvgIpc) is 3.64. The van der Waals surface area contributed by atoms with Crippen molar-refractivity contribution in [1.82, 2.24) is 25.4 Å². The number of aliphatic carboxylic acids is 1. The Balaban J connectivity index is 1.86. The maximum Gasteiger partial charge on any atom is 0.307 e. The number of nitrogens with one attached hydrogen (secondary N) is 2. The van der Waals surface area contributed by atoms with Gasteiger partial charge in [0.25, 0.3) is 5.91 Å². The Morgan fingerprint density at radius 3 is 2.31 bits per heavy atom. The summed E-state index contributed by atoms with van der Waals surface area (Å²) in [6, 6.07) is 7.14. The number of likely N-dealkylation sites (tertiary alicyclic amines) is 1. The summed E-state index contributed by atoms with van der Waals surface area (Å²) < 4.78 is 5.67. The maximum absolute atomic E-state index is 14.6. The van der Waals surface area contributed by atoms with Crippen LogP contribution in [-0.4, -0.2) is 99.1 Å². The van der Waals surface area contributed by atoms with Gasteiger partial charge in [0.15, 0.2) is 6.73 Å². The van der Waals surface area contributed by atoms with Crippen molar-refractivity contribution in [3.63, 3.8) is 0 Å². The molecule has 306 valence electrons. The molecule has 55 heavy (non-hydrogen) atoms. The van der Waals surface area contributed by atoms with Gasteiger partial charge in [0.1, 0.15) is 22.8 Å². The van der Waals surface area contributed by atoms with Gasteiger partial charge in [0.2, 0.25) is 11.8 Å².